The highest BCUT2D eigenvalue weighted by Gasteiger charge is 2.28. The van der Waals surface area contributed by atoms with Crippen LogP contribution in [0.25, 0.3) is 11.0 Å². The summed E-state index contributed by atoms with van der Waals surface area (Å²) in [6.45, 7) is 2.19. The molecule has 1 atom stereocenters. The van der Waals surface area contributed by atoms with E-state index in [-0.39, 0.29) is 11.7 Å². The summed E-state index contributed by atoms with van der Waals surface area (Å²) in [5, 5.41) is 3.05. The predicted molar refractivity (Wildman–Crippen MR) is 104 cm³/mol. The molecule has 1 aromatic heterocycles. The summed E-state index contributed by atoms with van der Waals surface area (Å²) in [5.41, 5.74) is 3.53. The largest absolute Gasteiger partial charge is 0.350 e. The van der Waals surface area contributed by atoms with Crippen LogP contribution in [0.5, 0.6) is 0 Å². The minimum atomic E-state index is -0.393. The van der Waals surface area contributed by atoms with Crippen LogP contribution in [0.15, 0.2) is 42.5 Å². The molecule has 27 heavy (non-hydrogen) atoms. The lowest BCUT2D eigenvalue weighted by Crippen LogP contribution is -2.42. The van der Waals surface area contributed by atoms with Gasteiger partial charge >= 0.3 is 0 Å². The molecule has 1 aliphatic heterocycles. The number of fused-ring (bicyclic) bond motifs is 1. The Kier molecular flexibility index (Phi) is 5.40. The van der Waals surface area contributed by atoms with Gasteiger partial charge in [-0.05, 0) is 61.3 Å². The Hall–Kier alpha value is -2.38. The van der Waals surface area contributed by atoms with E-state index in [1.54, 1.807) is 12.1 Å². The van der Waals surface area contributed by atoms with Crippen LogP contribution in [0.1, 0.15) is 36.4 Å². The van der Waals surface area contributed by atoms with Gasteiger partial charge < -0.3 is 5.32 Å². The average molecular weight is 384 g/mol. The van der Waals surface area contributed by atoms with Gasteiger partial charge in [-0.15, -0.1) is 0 Å². The summed E-state index contributed by atoms with van der Waals surface area (Å²) in [4.78, 5) is 15.2. The molecule has 2 heterocycles. The van der Waals surface area contributed by atoms with Crippen molar-refractivity contribution in [2.75, 3.05) is 13.1 Å². The third-order valence-electron chi connectivity index (χ3n) is 4.97. The number of amides is 1. The number of hydrogen-bond donors (Lipinski definition) is 1. The SMILES string of the molecule is O=C(NCc1ccc2nsnc2c1)[C@@H](c1ccc(F)cc1)N1CCCCC1. The second kappa shape index (κ2) is 8.10. The average Bonchev–Trinajstić information content (AvgIpc) is 3.17. The van der Waals surface area contributed by atoms with E-state index in [1.807, 2.05) is 18.2 Å². The Bertz CT molecular complexity index is 921. The van der Waals surface area contributed by atoms with Gasteiger partial charge in [0.15, 0.2) is 0 Å². The number of hydrogen-bond acceptors (Lipinski definition) is 5. The number of nitrogens with zero attached hydrogens (tertiary/aromatic N) is 3. The molecule has 7 heteroatoms. The summed E-state index contributed by atoms with van der Waals surface area (Å²) >= 11 is 1.18. The number of rotatable bonds is 5. The van der Waals surface area contributed by atoms with Crippen molar-refractivity contribution in [1.29, 1.82) is 0 Å². The molecule has 0 saturated carbocycles. The van der Waals surface area contributed by atoms with Crippen molar-refractivity contribution in [1.82, 2.24) is 19.0 Å². The lowest BCUT2D eigenvalue weighted by atomic mass is 10.0. The van der Waals surface area contributed by atoms with Crippen molar-refractivity contribution >= 4 is 28.7 Å². The molecule has 0 unspecified atom stereocenters. The van der Waals surface area contributed by atoms with E-state index in [2.05, 4.69) is 19.0 Å². The maximum absolute atomic E-state index is 13.3. The highest BCUT2D eigenvalue weighted by Crippen LogP contribution is 2.25. The van der Waals surface area contributed by atoms with Crippen LogP contribution in [-0.2, 0) is 11.3 Å². The van der Waals surface area contributed by atoms with Gasteiger partial charge in [0, 0.05) is 6.54 Å². The van der Waals surface area contributed by atoms with Crippen LogP contribution in [0.3, 0.4) is 0 Å². The number of halogens is 1. The summed E-state index contributed by atoms with van der Waals surface area (Å²) in [6, 6.07) is 11.7. The molecule has 1 fully saturated rings. The molecule has 0 aliphatic carbocycles. The number of carbonyl (C=O) groups is 1. The zero-order valence-electron chi connectivity index (χ0n) is 14.9. The number of likely N-dealkylation sites (tertiary alicyclic amines) is 1. The van der Waals surface area contributed by atoms with Crippen molar-refractivity contribution < 1.29 is 9.18 Å². The molecule has 0 bridgehead atoms. The van der Waals surface area contributed by atoms with Crippen LogP contribution < -0.4 is 5.32 Å². The first-order valence-electron chi connectivity index (χ1n) is 9.19. The molecule has 0 radical (unpaired) electrons. The Morgan fingerprint density at radius 2 is 1.81 bits per heavy atom. The first-order valence-corrected chi connectivity index (χ1v) is 9.92. The van der Waals surface area contributed by atoms with Gasteiger partial charge in [0.2, 0.25) is 5.91 Å². The Labute approximate surface area is 161 Å². The van der Waals surface area contributed by atoms with Crippen molar-refractivity contribution in [2.45, 2.75) is 31.8 Å². The van der Waals surface area contributed by atoms with E-state index >= 15 is 0 Å². The second-order valence-electron chi connectivity index (χ2n) is 6.86. The molecule has 1 amide bonds. The van der Waals surface area contributed by atoms with Gasteiger partial charge in [-0.2, -0.15) is 8.75 Å². The Morgan fingerprint density at radius 3 is 2.59 bits per heavy atom. The molecule has 4 rings (SSSR count). The van der Waals surface area contributed by atoms with Crippen LogP contribution in [0, 0.1) is 5.82 Å². The van der Waals surface area contributed by atoms with Crippen LogP contribution in [-0.4, -0.2) is 32.6 Å². The van der Waals surface area contributed by atoms with Gasteiger partial charge in [-0.1, -0.05) is 24.6 Å². The topological polar surface area (TPSA) is 58.1 Å². The highest BCUT2D eigenvalue weighted by atomic mass is 32.1. The molecule has 5 nitrogen and oxygen atoms in total. The summed E-state index contributed by atoms with van der Waals surface area (Å²) in [7, 11) is 0. The molecular weight excluding hydrogens is 363 g/mol. The Balaban J connectivity index is 1.51. The molecule has 3 aromatic rings. The summed E-state index contributed by atoms with van der Waals surface area (Å²) < 4.78 is 21.8. The molecule has 1 saturated heterocycles. The van der Waals surface area contributed by atoms with Crippen molar-refractivity contribution in [2.24, 2.45) is 0 Å². The fourth-order valence-electron chi connectivity index (χ4n) is 3.57. The molecule has 0 spiro atoms. The van der Waals surface area contributed by atoms with E-state index in [4.69, 9.17) is 0 Å². The molecular formula is C20H21FN4OS. The smallest absolute Gasteiger partial charge is 0.242 e. The number of benzene rings is 2. The van der Waals surface area contributed by atoms with Gasteiger partial charge in [-0.25, -0.2) is 4.39 Å². The number of aromatic nitrogens is 2. The minimum absolute atomic E-state index is 0.0555. The minimum Gasteiger partial charge on any atom is -0.350 e. The van der Waals surface area contributed by atoms with E-state index in [0.29, 0.717) is 6.54 Å². The third-order valence-corrected chi connectivity index (χ3v) is 5.53. The number of nitrogens with one attached hydrogen (secondary N) is 1. The van der Waals surface area contributed by atoms with Gasteiger partial charge in [-0.3, -0.25) is 9.69 Å². The highest BCUT2D eigenvalue weighted by molar-refractivity contribution is 7.00. The second-order valence-corrected chi connectivity index (χ2v) is 7.38. The zero-order valence-corrected chi connectivity index (χ0v) is 15.7. The third kappa shape index (κ3) is 4.14. The predicted octanol–water partition coefficient (Wildman–Crippen LogP) is 3.67. The van der Waals surface area contributed by atoms with Crippen molar-refractivity contribution in [3.05, 3.63) is 59.4 Å². The zero-order chi connectivity index (χ0) is 18.6. The first kappa shape index (κ1) is 18.0. The van der Waals surface area contributed by atoms with E-state index in [0.717, 1.165) is 48.1 Å². The molecule has 1 aliphatic rings. The van der Waals surface area contributed by atoms with E-state index in [1.165, 1.54) is 30.3 Å². The van der Waals surface area contributed by atoms with Crippen LogP contribution in [0.2, 0.25) is 0 Å². The summed E-state index contributed by atoms with van der Waals surface area (Å²) in [6.07, 6.45) is 3.35. The molecule has 140 valence electrons. The molecule has 1 N–H and O–H groups in total. The summed E-state index contributed by atoms with van der Waals surface area (Å²) in [5.74, 6) is -0.346. The van der Waals surface area contributed by atoms with E-state index in [9.17, 15) is 9.18 Å². The fraction of sp³-hybridized carbons (Fsp3) is 0.350. The normalized spacial score (nSPS) is 16.3. The number of piperidine rings is 1. The monoisotopic (exact) mass is 384 g/mol. The number of carbonyl (C=O) groups excluding carboxylic acids is 1. The quantitative estimate of drug-likeness (QED) is 0.729. The van der Waals surface area contributed by atoms with Crippen LogP contribution >= 0.6 is 11.7 Å². The van der Waals surface area contributed by atoms with Crippen molar-refractivity contribution in [3.63, 3.8) is 0 Å². The standard InChI is InChI=1S/C20H21FN4OS/c21-16-7-5-15(6-8-16)19(25-10-2-1-3-11-25)20(26)22-13-14-4-9-17-18(12-14)24-27-23-17/h4-9,12,19H,1-3,10-11,13H2,(H,22,26)/t19-/m1/s1. The lowest BCUT2D eigenvalue weighted by molar-refractivity contribution is -0.127. The van der Waals surface area contributed by atoms with Gasteiger partial charge in [0.25, 0.3) is 0 Å². The molecule has 2 aromatic carbocycles. The lowest BCUT2D eigenvalue weighted by Gasteiger charge is -2.34. The van der Waals surface area contributed by atoms with Gasteiger partial charge in [0.1, 0.15) is 22.9 Å². The van der Waals surface area contributed by atoms with Gasteiger partial charge in [0.05, 0.1) is 11.7 Å². The first-order chi connectivity index (χ1) is 13.2. The van der Waals surface area contributed by atoms with E-state index < -0.39 is 6.04 Å². The fourth-order valence-corrected chi connectivity index (χ4v) is 4.09. The van der Waals surface area contributed by atoms with Crippen LogP contribution in [0.4, 0.5) is 4.39 Å². The van der Waals surface area contributed by atoms with Crippen molar-refractivity contribution in [3.8, 4) is 0 Å². The maximum atomic E-state index is 13.3. The maximum Gasteiger partial charge on any atom is 0.242 e. The Morgan fingerprint density at radius 1 is 1.07 bits per heavy atom.